The number of nitrogens with zero attached hydrogens (tertiary/aromatic N) is 7. The van der Waals surface area contributed by atoms with Crippen molar-refractivity contribution in [2.24, 2.45) is 0 Å². The molecule has 0 saturated carbocycles. The van der Waals surface area contributed by atoms with E-state index in [1.54, 1.807) is 24.5 Å². The molecule has 0 aliphatic rings. The van der Waals surface area contributed by atoms with Crippen LogP contribution in [0, 0.1) is 6.92 Å². The first-order valence-electron chi connectivity index (χ1n) is 11.6. The molecule has 0 aliphatic heterocycles. The number of aryl methyl sites for hydroxylation is 1. The van der Waals surface area contributed by atoms with Gasteiger partial charge >= 0.3 is 0 Å². The summed E-state index contributed by atoms with van der Waals surface area (Å²) in [6.07, 6.45) is 7.31. The molecule has 180 valence electrons. The Bertz CT molecular complexity index is 1450. The van der Waals surface area contributed by atoms with Gasteiger partial charge in [-0.15, -0.1) is 0 Å². The van der Waals surface area contributed by atoms with Crippen molar-refractivity contribution in [3.05, 3.63) is 85.1 Å². The Morgan fingerprint density at radius 2 is 1.61 bits per heavy atom. The van der Waals surface area contributed by atoms with Gasteiger partial charge in [0.15, 0.2) is 5.82 Å². The molecular formula is C26H26N10. The highest BCUT2D eigenvalue weighted by Gasteiger charge is 2.07. The molecule has 0 bridgehead atoms. The second-order valence-electron chi connectivity index (χ2n) is 8.12. The third-order valence-electron chi connectivity index (χ3n) is 5.38. The van der Waals surface area contributed by atoms with Crippen molar-refractivity contribution < 1.29 is 0 Å². The van der Waals surface area contributed by atoms with Gasteiger partial charge in [-0.25, -0.2) is 19.9 Å². The molecule has 0 unspecified atom stereocenters. The largest absolute Gasteiger partial charge is 0.325 e. The van der Waals surface area contributed by atoms with Crippen molar-refractivity contribution in [1.29, 1.82) is 0 Å². The fourth-order valence-electron chi connectivity index (χ4n) is 3.58. The highest BCUT2D eigenvalue weighted by atomic mass is 15.3. The van der Waals surface area contributed by atoms with Crippen LogP contribution in [0.2, 0.25) is 0 Å². The zero-order chi connectivity index (χ0) is 24.7. The van der Waals surface area contributed by atoms with Gasteiger partial charge in [-0.1, -0.05) is 18.2 Å². The van der Waals surface area contributed by atoms with E-state index in [9.17, 15) is 0 Å². The lowest BCUT2D eigenvalue weighted by Crippen LogP contribution is -2.14. The van der Waals surface area contributed by atoms with Crippen LogP contribution in [0.25, 0.3) is 22.6 Å². The van der Waals surface area contributed by atoms with Crippen molar-refractivity contribution >= 4 is 23.3 Å². The Labute approximate surface area is 208 Å². The second kappa shape index (κ2) is 10.7. The molecule has 0 radical (unpaired) electrons. The first kappa shape index (κ1) is 23.1. The van der Waals surface area contributed by atoms with Crippen molar-refractivity contribution in [3.8, 4) is 22.6 Å². The maximum Gasteiger partial charge on any atom is 0.229 e. The number of anilines is 4. The highest BCUT2D eigenvalue weighted by molar-refractivity contribution is 5.66. The number of likely N-dealkylation sites (N-methyl/N-ethyl adjacent to an activating group) is 1. The van der Waals surface area contributed by atoms with Gasteiger partial charge in [0.25, 0.3) is 0 Å². The minimum atomic E-state index is 0.474. The minimum absolute atomic E-state index is 0.474. The Balaban J connectivity index is 1.26. The second-order valence-corrected chi connectivity index (χ2v) is 8.12. The Kier molecular flexibility index (Phi) is 6.86. The van der Waals surface area contributed by atoms with Crippen molar-refractivity contribution in [3.63, 3.8) is 0 Å². The van der Waals surface area contributed by atoms with Gasteiger partial charge in [-0.3, -0.25) is 4.68 Å². The highest BCUT2D eigenvalue weighted by Crippen LogP contribution is 2.23. The van der Waals surface area contributed by atoms with Crippen LogP contribution < -0.4 is 16.0 Å². The monoisotopic (exact) mass is 478 g/mol. The summed E-state index contributed by atoms with van der Waals surface area (Å²) in [7, 11) is 1.93. The molecule has 4 aromatic heterocycles. The van der Waals surface area contributed by atoms with E-state index < -0.39 is 0 Å². The fraction of sp³-hybridized carbons (Fsp3) is 0.154. The molecule has 4 heterocycles. The maximum atomic E-state index is 4.57. The Hall–Kier alpha value is -4.70. The molecule has 0 fully saturated rings. The molecule has 0 atom stereocenters. The lowest BCUT2D eigenvalue weighted by atomic mass is 10.1. The topological polar surface area (TPSA) is 118 Å². The van der Waals surface area contributed by atoms with Gasteiger partial charge in [-0.2, -0.15) is 10.1 Å². The molecule has 1 aromatic carbocycles. The van der Waals surface area contributed by atoms with Crippen LogP contribution >= 0.6 is 0 Å². The van der Waals surface area contributed by atoms with Gasteiger partial charge in [-0.05, 0) is 55.9 Å². The van der Waals surface area contributed by atoms with E-state index in [0.717, 1.165) is 41.3 Å². The summed E-state index contributed by atoms with van der Waals surface area (Å²) in [4.78, 5) is 22.3. The van der Waals surface area contributed by atoms with E-state index in [0.29, 0.717) is 23.4 Å². The SMILES string of the molecule is CNCCn1cc(-c2ccc(Nc3nccc(Nc4ccnc(-c5cccc(C)n5)n4)n3)cc2)cn1. The fourth-order valence-corrected chi connectivity index (χ4v) is 3.58. The van der Waals surface area contributed by atoms with Crippen LogP contribution in [0.4, 0.5) is 23.3 Å². The molecular weight excluding hydrogens is 452 g/mol. The summed E-state index contributed by atoms with van der Waals surface area (Å²) < 4.78 is 1.93. The van der Waals surface area contributed by atoms with Crippen LogP contribution in [0.15, 0.2) is 79.4 Å². The molecule has 0 saturated heterocycles. The summed E-state index contributed by atoms with van der Waals surface area (Å²) in [5.74, 6) is 2.25. The average Bonchev–Trinajstić information content (AvgIpc) is 3.37. The minimum Gasteiger partial charge on any atom is -0.325 e. The molecule has 0 aliphatic carbocycles. The van der Waals surface area contributed by atoms with Gasteiger partial charge in [0.1, 0.15) is 17.3 Å². The number of hydrogen-bond acceptors (Lipinski definition) is 9. The Morgan fingerprint density at radius 3 is 2.42 bits per heavy atom. The van der Waals surface area contributed by atoms with E-state index in [2.05, 4.69) is 46.0 Å². The molecule has 5 aromatic rings. The zero-order valence-electron chi connectivity index (χ0n) is 20.1. The summed E-state index contributed by atoms with van der Waals surface area (Å²) in [6, 6.07) is 17.4. The van der Waals surface area contributed by atoms with Crippen LogP contribution in [-0.2, 0) is 6.54 Å². The van der Waals surface area contributed by atoms with Gasteiger partial charge in [0.2, 0.25) is 5.95 Å². The molecule has 10 nitrogen and oxygen atoms in total. The van der Waals surface area contributed by atoms with Crippen LogP contribution in [0.3, 0.4) is 0 Å². The lowest BCUT2D eigenvalue weighted by molar-refractivity contribution is 0.585. The maximum absolute atomic E-state index is 4.57. The summed E-state index contributed by atoms with van der Waals surface area (Å²) in [5.41, 5.74) is 4.68. The van der Waals surface area contributed by atoms with E-state index in [1.807, 2.05) is 73.5 Å². The zero-order valence-corrected chi connectivity index (χ0v) is 20.1. The number of aromatic nitrogens is 7. The van der Waals surface area contributed by atoms with Crippen LogP contribution in [-0.4, -0.2) is 48.3 Å². The third-order valence-corrected chi connectivity index (χ3v) is 5.38. The first-order valence-corrected chi connectivity index (χ1v) is 11.6. The van der Waals surface area contributed by atoms with Gasteiger partial charge < -0.3 is 16.0 Å². The summed E-state index contributed by atoms with van der Waals surface area (Å²) in [5, 5.41) is 14.0. The van der Waals surface area contributed by atoms with Crippen molar-refractivity contribution in [1.82, 2.24) is 40.0 Å². The van der Waals surface area contributed by atoms with Crippen molar-refractivity contribution in [2.45, 2.75) is 13.5 Å². The normalized spacial score (nSPS) is 10.8. The molecule has 36 heavy (non-hydrogen) atoms. The number of pyridine rings is 1. The molecule has 0 spiro atoms. The number of benzene rings is 1. The van der Waals surface area contributed by atoms with E-state index in [4.69, 9.17) is 0 Å². The molecule has 0 amide bonds. The van der Waals surface area contributed by atoms with Crippen LogP contribution in [0.5, 0.6) is 0 Å². The smallest absolute Gasteiger partial charge is 0.229 e. The number of hydrogen-bond donors (Lipinski definition) is 3. The summed E-state index contributed by atoms with van der Waals surface area (Å²) >= 11 is 0. The standard InChI is InChI=1S/C26H26N10/c1-18-4-3-5-22(31-18)25-28-12-10-23(34-25)33-24-11-13-29-26(35-24)32-21-8-6-19(7-9-21)20-16-30-36(17-20)15-14-27-2/h3-13,16-17,27H,14-15H2,1-2H3,(H2,28,29,32,33,34,35). The van der Waals surface area contributed by atoms with Gasteiger partial charge in [0.05, 0.1) is 12.7 Å². The van der Waals surface area contributed by atoms with E-state index >= 15 is 0 Å². The van der Waals surface area contributed by atoms with Crippen LogP contribution in [0.1, 0.15) is 5.69 Å². The number of rotatable bonds is 9. The van der Waals surface area contributed by atoms with Crippen molar-refractivity contribution in [2.75, 3.05) is 24.2 Å². The van der Waals surface area contributed by atoms with E-state index in [1.165, 1.54) is 0 Å². The first-order chi connectivity index (χ1) is 17.7. The predicted octanol–water partition coefficient (Wildman–Crippen LogP) is 4.21. The molecule has 5 rings (SSSR count). The van der Waals surface area contributed by atoms with E-state index in [-0.39, 0.29) is 0 Å². The third kappa shape index (κ3) is 5.68. The summed E-state index contributed by atoms with van der Waals surface area (Å²) in [6.45, 7) is 3.64. The number of nitrogens with one attached hydrogen (secondary N) is 3. The Morgan fingerprint density at radius 1 is 0.806 bits per heavy atom. The lowest BCUT2D eigenvalue weighted by Gasteiger charge is -2.09. The molecule has 10 heteroatoms. The molecule has 3 N–H and O–H groups in total. The predicted molar refractivity (Wildman–Crippen MR) is 140 cm³/mol. The average molecular weight is 479 g/mol. The quantitative estimate of drug-likeness (QED) is 0.286. The van der Waals surface area contributed by atoms with Gasteiger partial charge in [0, 0.05) is 42.1 Å².